The summed E-state index contributed by atoms with van der Waals surface area (Å²) in [5.41, 5.74) is 1.87. The second-order valence-electron chi connectivity index (χ2n) is 5.98. The van der Waals surface area contributed by atoms with Gasteiger partial charge in [0.2, 0.25) is 5.91 Å². The number of thioether (sulfide) groups is 1. The number of benzene rings is 2. The van der Waals surface area contributed by atoms with Gasteiger partial charge >= 0.3 is 0 Å². The first kappa shape index (κ1) is 19.4. The Kier molecular flexibility index (Phi) is 6.25. The molecule has 0 radical (unpaired) electrons. The quantitative estimate of drug-likeness (QED) is 0.485. The summed E-state index contributed by atoms with van der Waals surface area (Å²) in [5, 5.41) is 20.8. The second-order valence-corrected chi connectivity index (χ2v) is 7.29. The van der Waals surface area contributed by atoms with E-state index in [9.17, 15) is 10.1 Å². The van der Waals surface area contributed by atoms with Crippen molar-refractivity contribution in [2.75, 3.05) is 5.32 Å². The number of hydrogen-bond acceptors (Lipinski definition) is 5. The van der Waals surface area contributed by atoms with E-state index in [1.54, 1.807) is 37.3 Å². The van der Waals surface area contributed by atoms with Crippen LogP contribution in [0, 0.1) is 11.3 Å². The zero-order valence-corrected chi connectivity index (χ0v) is 16.2. The molecule has 0 aliphatic carbocycles. The van der Waals surface area contributed by atoms with Gasteiger partial charge in [0.1, 0.15) is 6.07 Å². The molecule has 0 aliphatic heterocycles. The number of nitrogens with zero attached hydrogens (tertiary/aromatic N) is 4. The van der Waals surface area contributed by atoms with Gasteiger partial charge in [-0.25, -0.2) is 0 Å². The third-order valence-corrected chi connectivity index (χ3v) is 5.10. The van der Waals surface area contributed by atoms with E-state index in [2.05, 4.69) is 28.2 Å². The fourth-order valence-corrected chi connectivity index (χ4v) is 3.46. The zero-order valence-electron chi connectivity index (χ0n) is 15.4. The normalized spacial score (nSPS) is 11.4. The number of amides is 1. The number of carbonyl (C=O) groups excluding carboxylic acids is 1. The molecule has 6 nitrogen and oxygen atoms in total. The van der Waals surface area contributed by atoms with Gasteiger partial charge in [-0.2, -0.15) is 5.26 Å². The smallest absolute Gasteiger partial charge is 0.237 e. The van der Waals surface area contributed by atoms with Crippen molar-refractivity contribution in [3.05, 3.63) is 72.8 Å². The number of allylic oxidation sites excluding steroid dienone is 1. The molecule has 3 rings (SSSR count). The summed E-state index contributed by atoms with van der Waals surface area (Å²) in [6.45, 7) is 6.13. The monoisotopic (exact) mass is 389 g/mol. The van der Waals surface area contributed by atoms with Crippen molar-refractivity contribution in [2.45, 2.75) is 23.9 Å². The van der Waals surface area contributed by atoms with E-state index in [0.717, 1.165) is 11.4 Å². The maximum atomic E-state index is 12.6. The molecule has 0 fully saturated rings. The maximum absolute atomic E-state index is 12.6. The summed E-state index contributed by atoms with van der Waals surface area (Å²) in [4.78, 5) is 12.6. The van der Waals surface area contributed by atoms with E-state index < -0.39 is 5.25 Å². The van der Waals surface area contributed by atoms with Crippen molar-refractivity contribution >= 4 is 23.4 Å². The molecule has 1 amide bonds. The molecule has 3 aromatic rings. The molecule has 0 aliphatic rings. The van der Waals surface area contributed by atoms with Crippen molar-refractivity contribution in [3.63, 3.8) is 0 Å². The number of aromatic nitrogens is 3. The zero-order chi connectivity index (χ0) is 19.9. The van der Waals surface area contributed by atoms with Gasteiger partial charge in [0, 0.05) is 12.1 Å². The van der Waals surface area contributed by atoms with Crippen molar-refractivity contribution in [3.8, 4) is 17.5 Å². The average molecular weight is 389 g/mol. The van der Waals surface area contributed by atoms with Crippen LogP contribution in [0.15, 0.2) is 72.4 Å². The average Bonchev–Trinajstić information content (AvgIpc) is 3.11. The Morgan fingerprint density at radius 1 is 1.25 bits per heavy atom. The number of hydrogen-bond donors (Lipinski definition) is 1. The standard InChI is InChI=1S/C21H19N5OS/c1-3-13-26-19(16-9-5-4-6-10-16)24-25-21(26)28-15(2)20(27)23-18-12-8-7-11-17(18)14-22/h3-12,15H,1,13H2,2H3,(H,23,27)/t15-/m0/s1. The summed E-state index contributed by atoms with van der Waals surface area (Å²) in [6.07, 6.45) is 1.77. The topological polar surface area (TPSA) is 83.6 Å². The summed E-state index contributed by atoms with van der Waals surface area (Å²) in [5.74, 6) is 0.521. The highest BCUT2D eigenvalue weighted by Gasteiger charge is 2.21. The Bertz CT molecular complexity index is 1020. The Labute approximate surface area is 167 Å². The Morgan fingerprint density at radius 2 is 1.96 bits per heavy atom. The molecule has 0 unspecified atom stereocenters. The summed E-state index contributed by atoms with van der Waals surface area (Å²) >= 11 is 1.31. The van der Waals surface area contributed by atoms with Crippen molar-refractivity contribution in [1.82, 2.24) is 14.8 Å². The van der Waals surface area contributed by atoms with Crippen LogP contribution < -0.4 is 5.32 Å². The van der Waals surface area contributed by atoms with Crippen molar-refractivity contribution in [2.24, 2.45) is 0 Å². The molecule has 0 saturated carbocycles. The Morgan fingerprint density at radius 3 is 2.68 bits per heavy atom. The first-order chi connectivity index (χ1) is 13.6. The second kappa shape index (κ2) is 9.02. The Hall–Kier alpha value is -3.37. The molecule has 0 saturated heterocycles. The molecular weight excluding hydrogens is 370 g/mol. The molecule has 1 heterocycles. The molecule has 7 heteroatoms. The van der Waals surface area contributed by atoms with Crippen LogP contribution in [-0.4, -0.2) is 25.9 Å². The predicted octanol–water partition coefficient (Wildman–Crippen LogP) is 4.12. The lowest BCUT2D eigenvalue weighted by Crippen LogP contribution is -2.23. The lowest BCUT2D eigenvalue weighted by molar-refractivity contribution is -0.115. The first-order valence-corrected chi connectivity index (χ1v) is 9.58. The lowest BCUT2D eigenvalue weighted by atomic mass is 10.2. The number of para-hydroxylation sites is 1. The van der Waals surface area contributed by atoms with Gasteiger partial charge in [-0.15, -0.1) is 16.8 Å². The fraction of sp³-hybridized carbons (Fsp3) is 0.143. The molecular formula is C21H19N5OS. The van der Waals surface area contributed by atoms with Crippen LogP contribution in [0.3, 0.4) is 0 Å². The number of carbonyl (C=O) groups is 1. The maximum Gasteiger partial charge on any atom is 0.237 e. The van der Waals surface area contributed by atoms with Gasteiger partial charge in [0.15, 0.2) is 11.0 Å². The highest BCUT2D eigenvalue weighted by atomic mass is 32.2. The third-order valence-electron chi connectivity index (χ3n) is 4.02. The SMILES string of the molecule is C=CCn1c(S[C@@H](C)C(=O)Nc2ccccc2C#N)nnc1-c1ccccc1. The van der Waals surface area contributed by atoms with E-state index in [1.807, 2.05) is 34.9 Å². The summed E-state index contributed by atoms with van der Waals surface area (Å²) < 4.78 is 1.93. The van der Waals surface area contributed by atoms with Crippen LogP contribution in [0.5, 0.6) is 0 Å². The van der Waals surface area contributed by atoms with Crippen LogP contribution in [0.4, 0.5) is 5.69 Å². The fourth-order valence-electron chi connectivity index (χ4n) is 2.61. The highest BCUT2D eigenvalue weighted by Crippen LogP contribution is 2.27. The van der Waals surface area contributed by atoms with E-state index in [1.165, 1.54) is 11.8 Å². The van der Waals surface area contributed by atoms with Gasteiger partial charge in [0.25, 0.3) is 0 Å². The molecule has 28 heavy (non-hydrogen) atoms. The van der Waals surface area contributed by atoms with Gasteiger partial charge in [-0.05, 0) is 19.1 Å². The highest BCUT2D eigenvalue weighted by molar-refractivity contribution is 8.00. The van der Waals surface area contributed by atoms with Crippen LogP contribution in [0.2, 0.25) is 0 Å². The van der Waals surface area contributed by atoms with E-state index in [4.69, 9.17) is 0 Å². The van der Waals surface area contributed by atoms with Gasteiger partial charge in [-0.3, -0.25) is 9.36 Å². The molecule has 0 spiro atoms. The number of nitriles is 1. The van der Waals surface area contributed by atoms with Crippen LogP contribution in [0.25, 0.3) is 11.4 Å². The molecule has 1 atom stereocenters. The van der Waals surface area contributed by atoms with Crippen LogP contribution >= 0.6 is 11.8 Å². The minimum atomic E-state index is -0.428. The van der Waals surface area contributed by atoms with E-state index in [0.29, 0.717) is 23.0 Å². The van der Waals surface area contributed by atoms with Crippen molar-refractivity contribution in [1.29, 1.82) is 5.26 Å². The summed E-state index contributed by atoms with van der Waals surface area (Å²) in [7, 11) is 0. The molecule has 2 aromatic carbocycles. The molecule has 1 N–H and O–H groups in total. The number of anilines is 1. The summed E-state index contributed by atoms with van der Waals surface area (Å²) in [6, 6.07) is 18.8. The lowest BCUT2D eigenvalue weighted by Gasteiger charge is -2.13. The predicted molar refractivity (Wildman–Crippen MR) is 111 cm³/mol. The van der Waals surface area contributed by atoms with Gasteiger partial charge < -0.3 is 5.32 Å². The molecule has 1 aromatic heterocycles. The third kappa shape index (κ3) is 4.30. The van der Waals surface area contributed by atoms with Crippen LogP contribution in [-0.2, 0) is 11.3 Å². The minimum absolute atomic E-state index is 0.206. The molecule has 0 bridgehead atoms. The van der Waals surface area contributed by atoms with Crippen LogP contribution in [0.1, 0.15) is 12.5 Å². The van der Waals surface area contributed by atoms with Gasteiger partial charge in [0.05, 0.1) is 16.5 Å². The van der Waals surface area contributed by atoms with E-state index in [-0.39, 0.29) is 5.91 Å². The Balaban J connectivity index is 1.79. The number of nitrogens with one attached hydrogen (secondary N) is 1. The van der Waals surface area contributed by atoms with E-state index >= 15 is 0 Å². The van der Waals surface area contributed by atoms with Crippen molar-refractivity contribution < 1.29 is 4.79 Å². The minimum Gasteiger partial charge on any atom is -0.324 e. The molecule has 140 valence electrons. The number of rotatable bonds is 7. The largest absolute Gasteiger partial charge is 0.324 e. The first-order valence-electron chi connectivity index (χ1n) is 8.70. The van der Waals surface area contributed by atoms with Gasteiger partial charge in [-0.1, -0.05) is 60.3 Å².